The van der Waals surface area contributed by atoms with Crippen LogP contribution in [0, 0.1) is 6.92 Å². The van der Waals surface area contributed by atoms with Crippen LogP contribution in [-0.4, -0.2) is 11.1 Å². The summed E-state index contributed by atoms with van der Waals surface area (Å²) < 4.78 is 0. The minimum atomic E-state index is -0.321. The highest BCUT2D eigenvalue weighted by Gasteiger charge is 2.36. The summed E-state index contributed by atoms with van der Waals surface area (Å²) in [6.45, 7) is 2.00. The molecule has 0 N–H and O–H groups in total. The van der Waals surface area contributed by atoms with Gasteiger partial charge in [-0.1, -0.05) is 47.5 Å². The van der Waals surface area contributed by atoms with Gasteiger partial charge in [0.05, 0.1) is 10.6 Å². The molecule has 3 nitrogen and oxygen atoms in total. The molecule has 0 aromatic heterocycles. The lowest BCUT2D eigenvalue weighted by Gasteiger charge is -2.12. The van der Waals surface area contributed by atoms with E-state index in [0.717, 1.165) is 27.8 Å². The van der Waals surface area contributed by atoms with Crippen LogP contribution in [0.2, 0.25) is 5.02 Å². The molecule has 110 valence electrons. The number of anilines is 1. The fourth-order valence-electron chi connectivity index (χ4n) is 2.12. The number of carbonyl (C=O) groups excluding carboxylic acids is 2. The molecule has 1 heterocycles. The Labute approximate surface area is 137 Å². The molecule has 0 radical (unpaired) electrons. The molecular formula is C17H12ClNO2S. The van der Waals surface area contributed by atoms with Gasteiger partial charge in [0, 0.05) is 5.02 Å². The van der Waals surface area contributed by atoms with Crippen LogP contribution in [0.5, 0.6) is 0 Å². The Balaban J connectivity index is 1.93. The standard InChI is InChI=1S/C17H12ClNO2S/c1-11-5-7-12(8-6-11)9-15-16(20)19(17(21)22-15)14-4-2-3-13(18)10-14/h2-10H,1H3/b15-9+. The molecule has 3 rings (SSSR count). The lowest BCUT2D eigenvalue weighted by Crippen LogP contribution is -2.27. The van der Waals surface area contributed by atoms with Gasteiger partial charge in [0.25, 0.3) is 11.1 Å². The molecule has 0 saturated carbocycles. The molecule has 0 bridgehead atoms. The van der Waals surface area contributed by atoms with Crippen molar-refractivity contribution in [2.75, 3.05) is 4.90 Å². The topological polar surface area (TPSA) is 37.4 Å². The van der Waals surface area contributed by atoms with E-state index in [1.54, 1.807) is 30.3 Å². The Morgan fingerprint density at radius 2 is 1.82 bits per heavy atom. The number of aryl methyl sites for hydroxylation is 1. The van der Waals surface area contributed by atoms with Crippen LogP contribution >= 0.6 is 23.4 Å². The summed E-state index contributed by atoms with van der Waals surface area (Å²) in [6.07, 6.45) is 1.73. The highest BCUT2D eigenvalue weighted by molar-refractivity contribution is 8.19. The first-order chi connectivity index (χ1) is 10.5. The van der Waals surface area contributed by atoms with Crippen LogP contribution < -0.4 is 4.90 Å². The fourth-order valence-corrected chi connectivity index (χ4v) is 3.15. The van der Waals surface area contributed by atoms with Crippen LogP contribution in [0.1, 0.15) is 11.1 Å². The van der Waals surface area contributed by atoms with E-state index in [4.69, 9.17) is 11.6 Å². The molecule has 0 unspecified atom stereocenters. The maximum Gasteiger partial charge on any atom is 0.298 e. The lowest BCUT2D eigenvalue weighted by atomic mass is 10.1. The lowest BCUT2D eigenvalue weighted by molar-refractivity contribution is -0.113. The van der Waals surface area contributed by atoms with Crippen LogP contribution in [0.4, 0.5) is 10.5 Å². The van der Waals surface area contributed by atoms with Crippen molar-refractivity contribution in [1.29, 1.82) is 0 Å². The van der Waals surface area contributed by atoms with Gasteiger partial charge in [-0.05, 0) is 48.5 Å². The third kappa shape index (κ3) is 2.93. The summed E-state index contributed by atoms with van der Waals surface area (Å²) in [4.78, 5) is 26.2. The second-order valence-corrected chi connectivity index (χ2v) is 6.34. The molecule has 0 spiro atoms. The van der Waals surface area contributed by atoms with Crippen molar-refractivity contribution in [3.05, 3.63) is 69.6 Å². The Morgan fingerprint density at radius 3 is 2.50 bits per heavy atom. The molecule has 0 atom stereocenters. The highest BCUT2D eigenvalue weighted by Crippen LogP contribution is 2.36. The number of halogens is 1. The third-order valence-corrected chi connectivity index (χ3v) is 4.34. The number of thioether (sulfide) groups is 1. The summed E-state index contributed by atoms with van der Waals surface area (Å²) in [5.74, 6) is -0.321. The van der Waals surface area contributed by atoms with Crippen LogP contribution in [0.25, 0.3) is 6.08 Å². The zero-order valence-corrected chi connectivity index (χ0v) is 13.3. The van der Waals surface area contributed by atoms with Gasteiger partial charge in [0.15, 0.2) is 0 Å². The SMILES string of the molecule is Cc1ccc(/C=C2/SC(=O)N(c3cccc(Cl)c3)C2=O)cc1. The Morgan fingerprint density at radius 1 is 1.09 bits per heavy atom. The van der Waals surface area contributed by atoms with Crippen molar-refractivity contribution in [1.82, 2.24) is 0 Å². The molecular weight excluding hydrogens is 318 g/mol. The minimum absolute atomic E-state index is 0.314. The van der Waals surface area contributed by atoms with E-state index in [2.05, 4.69) is 0 Å². The highest BCUT2D eigenvalue weighted by atomic mass is 35.5. The van der Waals surface area contributed by atoms with Crippen molar-refractivity contribution in [2.24, 2.45) is 0 Å². The molecule has 1 aliphatic heterocycles. The van der Waals surface area contributed by atoms with Gasteiger partial charge in [-0.3, -0.25) is 9.59 Å². The average Bonchev–Trinajstić information content (AvgIpc) is 2.76. The van der Waals surface area contributed by atoms with Gasteiger partial charge in [-0.25, -0.2) is 4.90 Å². The number of hydrogen-bond donors (Lipinski definition) is 0. The molecule has 1 saturated heterocycles. The molecule has 2 amide bonds. The first-order valence-electron chi connectivity index (χ1n) is 6.65. The van der Waals surface area contributed by atoms with Crippen molar-refractivity contribution < 1.29 is 9.59 Å². The zero-order valence-electron chi connectivity index (χ0n) is 11.7. The molecule has 1 aliphatic rings. The second kappa shape index (κ2) is 5.99. The van der Waals surface area contributed by atoms with E-state index in [1.807, 2.05) is 31.2 Å². The summed E-state index contributed by atoms with van der Waals surface area (Å²) in [5, 5.41) is 0.171. The molecule has 0 aliphatic carbocycles. The van der Waals surface area contributed by atoms with E-state index >= 15 is 0 Å². The van der Waals surface area contributed by atoms with E-state index in [9.17, 15) is 9.59 Å². The first kappa shape index (κ1) is 14.9. The summed E-state index contributed by atoms with van der Waals surface area (Å²) >= 11 is 6.87. The molecule has 2 aromatic carbocycles. The molecule has 22 heavy (non-hydrogen) atoms. The van der Waals surface area contributed by atoms with Gasteiger partial charge in [-0.2, -0.15) is 0 Å². The fraction of sp³-hybridized carbons (Fsp3) is 0.0588. The maximum absolute atomic E-state index is 12.5. The third-order valence-electron chi connectivity index (χ3n) is 3.24. The zero-order chi connectivity index (χ0) is 15.7. The Kier molecular flexibility index (Phi) is 4.05. The Bertz CT molecular complexity index is 784. The van der Waals surface area contributed by atoms with Gasteiger partial charge in [0.2, 0.25) is 0 Å². The summed E-state index contributed by atoms with van der Waals surface area (Å²) in [6, 6.07) is 14.5. The molecule has 5 heteroatoms. The smallest absolute Gasteiger partial charge is 0.268 e. The number of amides is 2. The van der Waals surface area contributed by atoms with Gasteiger partial charge in [0.1, 0.15) is 0 Å². The number of carbonyl (C=O) groups is 2. The van der Waals surface area contributed by atoms with E-state index in [-0.39, 0.29) is 11.1 Å². The largest absolute Gasteiger partial charge is 0.298 e. The second-order valence-electron chi connectivity index (χ2n) is 4.91. The average molecular weight is 330 g/mol. The normalized spacial score (nSPS) is 16.6. The van der Waals surface area contributed by atoms with Crippen LogP contribution in [0.15, 0.2) is 53.4 Å². The quantitative estimate of drug-likeness (QED) is 0.736. The number of nitrogens with zero attached hydrogens (tertiary/aromatic N) is 1. The summed E-state index contributed by atoms with van der Waals surface area (Å²) in [5.41, 5.74) is 2.52. The van der Waals surface area contributed by atoms with Gasteiger partial charge >= 0.3 is 0 Å². The van der Waals surface area contributed by atoms with Crippen molar-refractivity contribution >= 4 is 46.3 Å². The van der Waals surface area contributed by atoms with Gasteiger partial charge in [-0.15, -0.1) is 0 Å². The number of rotatable bonds is 2. The number of benzene rings is 2. The van der Waals surface area contributed by atoms with Crippen LogP contribution in [0.3, 0.4) is 0 Å². The van der Waals surface area contributed by atoms with E-state index in [1.165, 1.54) is 0 Å². The predicted octanol–water partition coefficient (Wildman–Crippen LogP) is 4.89. The summed E-state index contributed by atoms with van der Waals surface area (Å²) in [7, 11) is 0. The van der Waals surface area contributed by atoms with E-state index in [0.29, 0.717) is 15.6 Å². The van der Waals surface area contributed by atoms with Crippen molar-refractivity contribution in [2.45, 2.75) is 6.92 Å². The monoisotopic (exact) mass is 329 g/mol. The number of imide groups is 1. The minimum Gasteiger partial charge on any atom is -0.268 e. The first-order valence-corrected chi connectivity index (χ1v) is 7.84. The Hall–Kier alpha value is -2.04. The predicted molar refractivity (Wildman–Crippen MR) is 91.1 cm³/mol. The van der Waals surface area contributed by atoms with Gasteiger partial charge < -0.3 is 0 Å². The van der Waals surface area contributed by atoms with E-state index < -0.39 is 0 Å². The number of hydrogen-bond acceptors (Lipinski definition) is 3. The van der Waals surface area contributed by atoms with Crippen molar-refractivity contribution in [3.8, 4) is 0 Å². The molecule has 2 aromatic rings. The van der Waals surface area contributed by atoms with Crippen LogP contribution in [-0.2, 0) is 4.79 Å². The maximum atomic E-state index is 12.5. The van der Waals surface area contributed by atoms with Crippen molar-refractivity contribution in [3.63, 3.8) is 0 Å². The molecule has 1 fully saturated rings.